The minimum atomic E-state index is -4.75. The van der Waals surface area contributed by atoms with E-state index in [9.17, 15) is 26.3 Å². The average Bonchev–Trinajstić information content (AvgIpc) is 2.82. The first-order chi connectivity index (χ1) is 16.9. The molecular weight excluding hydrogens is 494 g/mol. The van der Waals surface area contributed by atoms with Crippen LogP contribution in [0.5, 0.6) is 0 Å². The molecule has 0 saturated carbocycles. The summed E-state index contributed by atoms with van der Waals surface area (Å²) in [5.41, 5.74) is 1.50. The lowest BCUT2D eigenvalue weighted by Crippen LogP contribution is -2.09. The van der Waals surface area contributed by atoms with Gasteiger partial charge in [0.15, 0.2) is 14.7 Å². The van der Waals surface area contributed by atoms with Crippen molar-refractivity contribution in [2.24, 2.45) is 0 Å². The van der Waals surface area contributed by atoms with Crippen molar-refractivity contribution in [3.8, 4) is 0 Å². The average molecular weight is 520 g/mol. The van der Waals surface area contributed by atoms with Crippen LogP contribution < -0.4 is 0 Å². The Morgan fingerprint density at radius 1 is 0.500 bits per heavy atom. The molecule has 36 heavy (non-hydrogen) atoms. The van der Waals surface area contributed by atoms with Crippen molar-refractivity contribution in [2.75, 3.05) is 0 Å². The maximum Gasteiger partial charge on any atom is 0.416 e. The highest BCUT2D eigenvalue weighted by molar-refractivity contribution is 7.97. The first-order valence-electron chi connectivity index (χ1n) is 11.0. The molecular formula is C29H25F6S+. The van der Waals surface area contributed by atoms with E-state index in [4.69, 9.17) is 0 Å². The van der Waals surface area contributed by atoms with Crippen LogP contribution in [-0.4, -0.2) is 0 Å². The molecule has 4 aromatic carbocycles. The van der Waals surface area contributed by atoms with Gasteiger partial charge in [-0.1, -0.05) is 60.2 Å². The Morgan fingerprint density at radius 2 is 0.889 bits per heavy atom. The van der Waals surface area contributed by atoms with Crippen molar-refractivity contribution in [1.82, 2.24) is 0 Å². The molecule has 0 heterocycles. The molecule has 0 N–H and O–H groups in total. The van der Waals surface area contributed by atoms with Crippen molar-refractivity contribution in [2.45, 2.75) is 47.8 Å². The standard InChI is InChI=1S/C21H21S.C8H4F6/c1-16-14-17(2)21(18(3)15-16)22(19-10-6-4-7-11-19)20-12-8-5-9-13-20;9-7(10,11)5-2-1-3-6(4-5)8(12,13)14/h4-15H,1-3H3;1-4H/q+1;. The number of benzene rings is 4. The van der Waals surface area contributed by atoms with E-state index in [-0.39, 0.29) is 17.0 Å². The lowest BCUT2D eigenvalue weighted by atomic mass is 10.1. The fourth-order valence-electron chi connectivity index (χ4n) is 3.85. The molecule has 0 bridgehead atoms. The molecule has 0 aliphatic heterocycles. The summed E-state index contributed by atoms with van der Waals surface area (Å²) in [5, 5.41) is 0. The third-order valence-electron chi connectivity index (χ3n) is 5.28. The van der Waals surface area contributed by atoms with Crippen LogP contribution in [0.1, 0.15) is 27.8 Å². The minimum absolute atomic E-state index is 0.0460. The van der Waals surface area contributed by atoms with E-state index >= 15 is 0 Å². The molecule has 7 heteroatoms. The van der Waals surface area contributed by atoms with Gasteiger partial charge in [-0.3, -0.25) is 0 Å². The maximum absolute atomic E-state index is 12.0. The van der Waals surface area contributed by atoms with Crippen LogP contribution in [-0.2, 0) is 23.2 Å². The van der Waals surface area contributed by atoms with E-state index in [1.807, 2.05) is 0 Å². The second-order valence-corrected chi connectivity index (χ2v) is 10.2. The molecule has 4 aromatic rings. The number of halogens is 6. The summed E-state index contributed by atoms with van der Waals surface area (Å²) in [6.07, 6.45) is -9.50. The number of aryl methyl sites for hydroxylation is 3. The second kappa shape index (κ2) is 11.2. The number of hydrogen-bond donors (Lipinski definition) is 0. The Hall–Kier alpha value is -3.19. The Morgan fingerprint density at radius 3 is 1.25 bits per heavy atom. The van der Waals surface area contributed by atoms with Crippen LogP contribution >= 0.6 is 0 Å². The summed E-state index contributed by atoms with van der Waals surface area (Å²) < 4.78 is 71.9. The highest BCUT2D eigenvalue weighted by Crippen LogP contribution is 2.36. The zero-order valence-electron chi connectivity index (χ0n) is 19.9. The molecule has 0 saturated heterocycles. The first kappa shape index (κ1) is 27.4. The summed E-state index contributed by atoms with van der Waals surface area (Å²) in [6, 6.07) is 28.3. The quantitative estimate of drug-likeness (QED) is 0.187. The van der Waals surface area contributed by atoms with E-state index in [2.05, 4.69) is 93.6 Å². The summed E-state index contributed by atoms with van der Waals surface area (Å²) in [4.78, 5) is 4.22. The maximum atomic E-state index is 12.0. The van der Waals surface area contributed by atoms with Gasteiger partial charge in [-0.15, -0.1) is 0 Å². The predicted octanol–water partition coefficient (Wildman–Crippen LogP) is 9.43. The molecule has 0 amide bonds. The SMILES string of the molecule is Cc1cc(C)c([S+](c2ccccc2)c2ccccc2)c(C)c1.FC(F)(F)c1cccc(C(F)(F)F)c1. The summed E-state index contributed by atoms with van der Waals surface area (Å²) in [6.45, 7) is 6.65. The molecule has 0 atom stereocenters. The van der Waals surface area contributed by atoms with Gasteiger partial charge in [-0.2, -0.15) is 26.3 Å². The van der Waals surface area contributed by atoms with Crippen LogP contribution in [0.2, 0.25) is 0 Å². The minimum Gasteiger partial charge on any atom is -0.166 e. The molecule has 0 spiro atoms. The smallest absolute Gasteiger partial charge is 0.166 e. The molecule has 0 aliphatic rings. The molecule has 188 valence electrons. The van der Waals surface area contributed by atoms with Gasteiger partial charge in [-0.25, -0.2) is 0 Å². The van der Waals surface area contributed by atoms with Gasteiger partial charge in [0.1, 0.15) is 0 Å². The molecule has 0 nitrogen and oxygen atoms in total. The van der Waals surface area contributed by atoms with Gasteiger partial charge in [0, 0.05) is 11.1 Å². The Labute approximate surface area is 210 Å². The topological polar surface area (TPSA) is 0 Å². The monoisotopic (exact) mass is 519 g/mol. The molecule has 0 unspecified atom stereocenters. The third kappa shape index (κ3) is 6.94. The van der Waals surface area contributed by atoms with Crippen LogP contribution in [0, 0.1) is 20.8 Å². The van der Waals surface area contributed by atoms with Crippen molar-refractivity contribution < 1.29 is 26.3 Å². The van der Waals surface area contributed by atoms with Crippen LogP contribution in [0.15, 0.2) is 112 Å². The summed E-state index contributed by atoms with van der Waals surface area (Å²) >= 11 is 0. The number of hydrogen-bond acceptors (Lipinski definition) is 0. The first-order valence-corrected chi connectivity index (χ1v) is 12.3. The lowest BCUT2D eigenvalue weighted by molar-refractivity contribution is -0.143. The Bertz CT molecular complexity index is 1190. The van der Waals surface area contributed by atoms with Crippen LogP contribution in [0.4, 0.5) is 26.3 Å². The third-order valence-corrected chi connectivity index (χ3v) is 7.82. The fraction of sp³-hybridized carbons (Fsp3) is 0.172. The Kier molecular flexibility index (Phi) is 8.56. The molecule has 0 aliphatic carbocycles. The van der Waals surface area contributed by atoms with Gasteiger partial charge in [0.2, 0.25) is 0 Å². The van der Waals surface area contributed by atoms with Crippen LogP contribution in [0.25, 0.3) is 0 Å². The van der Waals surface area contributed by atoms with E-state index in [1.165, 1.54) is 31.4 Å². The zero-order valence-corrected chi connectivity index (χ0v) is 20.7. The van der Waals surface area contributed by atoms with E-state index in [0.717, 1.165) is 6.07 Å². The summed E-state index contributed by atoms with van der Waals surface area (Å²) in [7, 11) is -0.0460. The zero-order chi connectivity index (χ0) is 26.5. The van der Waals surface area contributed by atoms with Crippen molar-refractivity contribution in [1.29, 1.82) is 0 Å². The number of alkyl halides is 6. The van der Waals surface area contributed by atoms with E-state index in [0.29, 0.717) is 12.1 Å². The highest BCUT2D eigenvalue weighted by Gasteiger charge is 2.36. The Balaban J connectivity index is 0.000000223. The molecule has 0 radical (unpaired) electrons. The van der Waals surface area contributed by atoms with E-state index < -0.39 is 23.5 Å². The predicted molar refractivity (Wildman–Crippen MR) is 132 cm³/mol. The van der Waals surface area contributed by atoms with Crippen molar-refractivity contribution in [3.63, 3.8) is 0 Å². The van der Waals surface area contributed by atoms with Crippen LogP contribution in [0.3, 0.4) is 0 Å². The van der Waals surface area contributed by atoms with Gasteiger partial charge in [0.05, 0.1) is 22.0 Å². The van der Waals surface area contributed by atoms with E-state index in [1.54, 1.807) is 0 Å². The molecule has 0 aromatic heterocycles. The van der Waals surface area contributed by atoms with Gasteiger partial charge >= 0.3 is 12.4 Å². The molecule has 4 rings (SSSR count). The van der Waals surface area contributed by atoms with Gasteiger partial charge < -0.3 is 0 Å². The second-order valence-electron chi connectivity index (χ2n) is 8.24. The van der Waals surface area contributed by atoms with Gasteiger partial charge in [-0.05, 0) is 63.2 Å². The van der Waals surface area contributed by atoms with Crippen molar-refractivity contribution >= 4 is 10.9 Å². The highest BCUT2D eigenvalue weighted by atomic mass is 32.2. The lowest BCUT2D eigenvalue weighted by Gasteiger charge is -2.13. The summed E-state index contributed by atoms with van der Waals surface area (Å²) in [5.74, 6) is 0. The molecule has 0 fully saturated rings. The fourth-order valence-corrected chi connectivity index (χ4v) is 6.21. The normalized spacial score (nSPS) is 11.7. The largest absolute Gasteiger partial charge is 0.416 e. The number of rotatable bonds is 3. The van der Waals surface area contributed by atoms with Gasteiger partial charge in [0.25, 0.3) is 0 Å². The van der Waals surface area contributed by atoms with Crippen molar-refractivity contribution in [3.05, 3.63) is 125 Å².